The number of carbonyl (C=O) groups excluding carboxylic acids is 2. The zero-order chi connectivity index (χ0) is 19.1. The monoisotopic (exact) mass is 368 g/mol. The smallest absolute Gasteiger partial charge is 0.287 e. The molecule has 3 aromatic rings. The van der Waals surface area contributed by atoms with E-state index in [1.54, 1.807) is 42.5 Å². The van der Waals surface area contributed by atoms with Crippen molar-refractivity contribution in [2.45, 2.75) is 0 Å². The summed E-state index contributed by atoms with van der Waals surface area (Å²) in [7, 11) is 0. The van der Waals surface area contributed by atoms with Gasteiger partial charge in [-0.2, -0.15) is 0 Å². The van der Waals surface area contributed by atoms with Gasteiger partial charge in [-0.25, -0.2) is 9.37 Å². The Kier molecular flexibility index (Phi) is 5.78. The highest BCUT2D eigenvalue weighted by Gasteiger charge is 2.14. The molecule has 0 spiro atoms. The summed E-state index contributed by atoms with van der Waals surface area (Å²) in [6.07, 6.45) is 2.91. The molecule has 0 saturated heterocycles. The largest absolute Gasteiger partial charge is 0.459 e. The van der Waals surface area contributed by atoms with E-state index in [9.17, 15) is 14.0 Å². The third-order valence-electron chi connectivity index (χ3n) is 3.62. The quantitative estimate of drug-likeness (QED) is 0.557. The number of hydrogen-bond acceptors (Lipinski definition) is 5. The molecule has 0 unspecified atom stereocenters. The van der Waals surface area contributed by atoms with E-state index in [0.717, 1.165) is 0 Å². The van der Waals surface area contributed by atoms with Crippen LogP contribution in [0.25, 0.3) is 0 Å². The molecule has 0 aliphatic rings. The van der Waals surface area contributed by atoms with Crippen molar-refractivity contribution in [1.29, 1.82) is 0 Å². The summed E-state index contributed by atoms with van der Waals surface area (Å²) in [5.41, 5.74) is 0.481. The Labute approximate surface area is 154 Å². The number of pyridine rings is 1. The zero-order valence-corrected chi connectivity index (χ0v) is 14.2. The second-order valence-corrected chi connectivity index (χ2v) is 5.49. The van der Waals surface area contributed by atoms with Gasteiger partial charge in [0.25, 0.3) is 11.8 Å². The highest BCUT2D eigenvalue weighted by molar-refractivity contribution is 5.99. The number of nitrogens with one attached hydrogen (secondary N) is 3. The minimum Gasteiger partial charge on any atom is -0.459 e. The Balaban J connectivity index is 1.57. The van der Waals surface area contributed by atoms with Gasteiger partial charge in [-0.15, -0.1) is 0 Å². The molecule has 2 aromatic heterocycles. The van der Waals surface area contributed by atoms with Gasteiger partial charge in [0, 0.05) is 19.3 Å². The summed E-state index contributed by atoms with van der Waals surface area (Å²) in [5.74, 6) is -0.772. The standard InChI is InChI=1S/C19H17FN4O3/c20-14-6-1-2-7-15(14)24-17-13(5-3-9-21-17)18(25)22-10-11-23-19(26)16-8-4-12-27-16/h1-9,12H,10-11H2,(H,21,24)(H,22,25)(H,23,26). The second kappa shape index (κ2) is 8.61. The van der Waals surface area contributed by atoms with Gasteiger partial charge in [-0.3, -0.25) is 9.59 Å². The Bertz CT molecular complexity index is 928. The van der Waals surface area contributed by atoms with E-state index >= 15 is 0 Å². The molecule has 0 radical (unpaired) electrons. The predicted octanol–water partition coefficient (Wildman–Crippen LogP) is 2.72. The summed E-state index contributed by atoms with van der Waals surface area (Å²) < 4.78 is 18.8. The van der Waals surface area contributed by atoms with E-state index in [-0.39, 0.29) is 41.8 Å². The van der Waals surface area contributed by atoms with Gasteiger partial charge in [0.05, 0.1) is 17.5 Å². The second-order valence-electron chi connectivity index (χ2n) is 5.49. The minimum absolute atomic E-state index is 0.199. The maximum absolute atomic E-state index is 13.8. The molecule has 0 aliphatic heterocycles. The van der Waals surface area contributed by atoms with Crippen LogP contribution in [0.5, 0.6) is 0 Å². The lowest BCUT2D eigenvalue weighted by atomic mass is 10.2. The Morgan fingerprint density at radius 1 is 0.963 bits per heavy atom. The molecule has 2 heterocycles. The number of para-hydroxylation sites is 1. The van der Waals surface area contributed by atoms with Gasteiger partial charge in [0.15, 0.2) is 5.76 Å². The lowest BCUT2D eigenvalue weighted by Crippen LogP contribution is -2.34. The predicted molar refractivity (Wildman–Crippen MR) is 97.3 cm³/mol. The van der Waals surface area contributed by atoms with Crippen LogP contribution in [0.1, 0.15) is 20.9 Å². The van der Waals surface area contributed by atoms with Gasteiger partial charge in [-0.05, 0) is 36.4 Å². The van der Waals surface area contributed by atoms with Gasteiger partial charge in [-0.1, -0.05) is 12.1 Å². The summed E-state index contributed by atoms with van der Waals surface area (Å²) in [5, 5.41) is 8.13. The van der Waals surface area contributed by atoms with E-state index in [0.29, 0.717) is 0 Å². The number of rotatable bonds is 7. The number of halogens is 1. The number of nitrogens with zero attached hydrogens (tertiary/aromatic N) is 1. The van der Waals surface area contributed by atoms with Gasteiger partial charge >= 0.3 is 0 Å². The van der Waals surface area contributed by atoms with Gasteiger partial charge < -0.3 is 20.4 Å². The fourth-order valence-electron chi connectivity index (χ4n) is 2.32. The van der Waals surface area contributed by atoms with Crippen LogP contribution in [0.4, 0.5) is 15.9 Å². The van der Waals surface area contributed by atoms with Crippen molar-refractivity contribution in [3.63, 3.8) is 0 Å². The summed E-state index contributed by atoms with van der Waals surface area (Å²) in [4.78, 5) is 28.2. The van der Waals surface area contributed by atoms with Crippen LogP contribution in [0.15, 0.2) is 65.4 Å². The van der Waals surface area contributed by atoms with Crippen LogP contribution in [0.2, 0.25) is 0 Å². The molecule has 0 atom stereocenters. The van der Waals surface area contributed by atoms with Crippen LogP contribution in [-0.4, -0.2) is 29.9 Å². The molecule has 0 saturated carbocycles. The van der Waals surface area contributed by atoms with Gasteiger partial charge in [0.1, 0.15) is 11.6 Å². The van der Waals surface area contributed by atoms with Crippen molar-refractivity contribution < 1.29 is 18.4 Å². The van der Waals surface area contributed by atoms with E-state index in [4.69, 9.17) is 4.42 Å². The molecule has 3 rings (SSSR count). The third kappa shape index (κ3) is 4.69. The van der Waals surface area contributed by atoms with Gasteiger partial charge in [0.2, 0.25) is 0 Å². The third-order valence-corrected chi connectivity index (χ3v) is 3.62. The van der Waals surface area contributed by atoms with Crippen LogP contribution in [0.3, 0.4) is 0 Å². The number of furan rings is 1. The molecule has 8 heteroatoms. The summed E-state index contributed by atoms with van der Waals surface area (Å²) in [6, 6.07) is 12.5. The molecule has 1 aromatic carbocycles. The normalized spacial score (nSPS) is 10.3. The van der Waals surface area contributed by atoms with E-state index in [2.05, 4.69) is 20.9 Å². The lowest BCUT2D eigenvalue weighted by molar-refractivity contribution is 0.0911. The molecule has 0 fully saturated rings. The topological polar surface area (TPSA) is 96.3 Å². The van der Waals surface area contributed by atoms with Crippen molar-refractivity contribution in [3.8, 4) is 0 Å². The van der Waals surface area contributed by atoms with Crippen LogP contribution in [0, 0.1) is 5.82 Å². The molecule has 7 nitrogen and oxygen atoms in total. The average molecular weight is 368 g/mol. The number of aromatic nitrogens is 1. The minimum atomic E-state index is -0.449. The number of amides is 2. The fraction of sp³-hybridized carbons (Fsp3) is 0.105. The van der Waals surface area contributed by atoms with Crippen LogP contribution >= 0.6 is 0 Å². The van der Waals surface area contributed by atoms with Crippen LogP contribution < -0.4 is 16.0 Å². The number of carbonyl (C=O) groups is 2. The Hall–Kier alpha value is -3.68. The first-order chi connectivity index (χ1) is 13.1. The molecule has 0 bridgehead atoms. The first kappa shape index (κ1) is 18.1. The van der Waals surface area contributed by atoms with Crippen molar-refractivity contribution in [2.24, 2.45) is 0 Å². The first-order valence-corrected chi connectivity index (χ1v) is 8.21. The SMILES string of the molecule is O=C(NCCNC(=O)c1cccnc1Nc1ccccc1F)c1ccco1. The number of hydrogen-bond donors (Lipinski definition) is 3. The van der Waals surface area contributed by atoms with E-state index in [1.807, 2.05) is 0 Å². The maximum Gasteiger partial charge on any atom is 0.287 e. The molecular weight excluding hydrogens is 351 g/mol. The summed E-state index contributed by atoms with van der Waals surface area (Å²) >= 11 is 0. The molecule has 3 N–H and O–H groups in total. The Morgan fingerprint density at radius 2 is 1.74 bits per heavy atom. The molecule has 2 amide bonds. The lowest BCUT2D eigenvalue weighted by Gasteiger charge is -2.12. The van der Waals surface area contributed by atoms with Crippen molar-refractivity contribution in [3.05, 3.63) is 78.1 Å². The van der Waals surface area contributed by atoms with E-state index in [1.165, 1.54) is 18.5 Å². The highest BCUT2D eigenvalue weighted by atomic mass is 19.1. The average Bonchev–Trinajstić information content (AvgIpc) is 3.22. The highest BCUT2D eigenvalue weighted by Crippen LogP contribution is 2.20. The fourth-order valence-corrected chi connectivity index (χ4v) is 2.32. The molecule has 0 aliphatic carbocycles. The van der Waals surface area contributed by atoms with E-state index < -0.39 is 11.7 Å². The van der Waals surface area contributed by atoms with Crippen molar-refractivity contribution in [1.82, 2.24) is 15.6 Å². The molecule has 27 heavy (non-hydrogen) atoms. The molecular formula is C19H17FN4O3. The number of anilines is 2. The molecule has 138 valence electrons. The van der Waals surface area contributed by atoms with Crippen molar-refractivity contribution in [2.75, 3.05) is 18.4 Å². The maximum atomic E-state index is 13.8. The van der Waals surface area contributed by atoms with Crippen molar-refractivity contribution >= 4 is 23.3 Å². The van der Waals surface area contributed by atoms with Crippen LogP contribution in [-0.2, 0) is 0 Å². The number of benzene rings is 1. The Morgan fingerprint density at radius 3 is 2.48 bits per heavy atom. The first-order valence-electron chi connectivity index (χ1n) is 8.21. The zero-order valence-electron chi connectivity index (χ0n) is 14.2. The summed E-state index contributed by atoms with van der Waals surface area (Å²) in [6.45, 7) is 0.431.